The second-order valence-corrected chi connectivity index (χ2v) is 5.40. The number of alkyl halides is 3. The lowest BCUT2D eigenvalue weighted by Gasteiger charge is -2.28. The molecule has 0 aromatic heterocycles. The summed E-state index contributed by atoms with van der Waals surface area (Å²) in [5, 5.41) is 8.92. The highest BCUT2D eigenvalue weighted by molar-refractivity contribution is 5.53. The van der Waals surface area contributed by atoms with Gasteiger partial charge in [0.1, 0.15) is 0 Å². The van der Waals surface area contributed by atoms with Gasteiger partial charge in [0.25, 0.3) is 0 Å². The van der Waals surface area contributed by atoms with Crippen molar-refractivity contribution in [3.05, 3.63) is 29.3 Å². The molecule has 0 radical (unpaired) electrons. The third-order valence-corrected chi connectivity index (χ3v) is 4.02. The Bertz CT molecular complexity index is 476. The predicted molar refractivity (Wildman–Crippen MR) is 76.0 cm³/mol. The van der Waals surface area contributed by atoms with E-state index in [0.717, 1.165) is 25.8 Å². The molecular weight excluding hydrogens is 281 g/mol. The molecule has 1 aliphatic rings. The van der Waals surface area contributed by atoms with Gasteiger partial charge in [-0.05, 0) is 43.4 Å². The van der Waals surface area contributed by atoms with E-state index in [1.165, 1.54) is 12.1 Å². The summed E-state index contributed by atoms with van der Waals surface area (Å²) in [6.45, 7) is 0.753. The molecule has 0 spiro atoms. The van der Waals surface area contributed by atoms with Gasteiger partial charge in [0.2, 0.25) is 0 Å². The molecule has 6 heteroatoms. The number of aliphatic hydroxyl groups is 1. The Labute approximate surface area is 122 Å². The van der Waals surface area contributed by atoms with Crippen LogP contribution in [0.1, 0.15) is 36.8 Å². The van der Waals surface area contributed by atoms with E-state index in [9.17, 15) is 13.2 Å². The van der Waals surface area contributed by atoms with Crippen LogP contribution in [0, 0.1) is 0 Å². The molecule has 0 bridgehead atoms. The van der Waals surface area contributed by atoms with Gasteiger partial charge in [-0.3, -0.25) is 0 Å². The summed E-state index contributed by atoms with van der Waals surface area (Å²) in [6, 6.07) is 4.61. The highest BCUT2D eigenvalue weighted by atomic mass is 19.4. The van der Waals surface area contributed by atoms with Gasteiger partial charge in [-0.15, -0.1) is 0 Å². The molecule has 1 aromatic rings. The van der Waals surface area contributed by atoms with Crippen LogP contribution in [0.15, 0.2) is 18.2 Å². The summed E-state index contributed by atoms with van der Waals surface area (Å²) in [4.78, 5) is 2.02. The molecule has 0 amide bonds. The normalized spacial score (nSPS) is 19.3. The predicted octanol–water partition coefficient (Wildman–Crippen LogP) is 2.91. The molecule has 1 aliphatic heterocycles. The Morgan fingerprint density at radius 1 is 1.33 bits per heavy atom. The van der Waals surface area contributed by atoms with Gasteiger partial charge in [-0.1, -0.05) is 6.07 Å². The van der Waals surface area contributed by atoms with Crippen molar-refractivity contribution in [3.8, 4) is 0 Å². The average molecular weight is 302 g/mol. The Morgan fingerprint density at radius 3 is 2.71 bits per heavy atom. The fourth-order valence-electron chi connectivity index (χ4n) is 2.99. The largest absolute Gasteiger partial charge is 0.416 e. The number of aliphatic hydroxyl groups excluding tert-OH is 1. The van der Waals surface area contributed by atoms with Crippen molar-refractivity contribution in [1.29, 1.82) is 0 Å². The van der Waals surface area contributed by atoms with Crippen LogP contribution in [-0.2, 0) is 12.7 Å². The van der Waals surface area contributed by atoms with Gasteiger partial charge in [0, 0.05) is 31.4 Å². The minimum absolute atomic E-state index is 0.115. The number of nitrogens with two attached hydrogens (primary N) is 1. The summed E-state index contributed by atoms with van der Waals surface area (Å²) < 4.78 is 39.3. The summed E-state index contributed by atoms with van der Waals surface area (Å²) in [5.41, 5.74) is 5.48. The summed E-state index contributed by atoms with van der Waals surface area (Å²) in [6.07, 6.45) is -0.980. The second-order valence-electron chi connectivity index (χ2n) is 5.40. The van der Waals surface area contributed by atoms with Crippen molar-refractivity contribution in [3.63, 3.8) is 0 Å². The number of nitrogens with zero attached hydrogens (tertiary/aromatic N) is 1. The first-order valence-corrected chi connectivity index (χ1v) is 7.25. The first-order valence-electron chi connectivity index (χ1n) is 7.25. The van der Waals surface area contributed by atoms with E-state index in [1.807, 2.05) is 4.90 Å². The minimum Gasteiger partial charge on any atom is -0.396 e. The molecular formula is C15H21F3N2O. The molecule has 3 nitrogen and oxygen atoms in total. The maximum Gasteiger partial charge on any atom is 0.416 e. The molecule has 1 unspecified atom stereocenters. The molecule has 3 N–H and O–H groups in total. The molecule has 0 aliphatic carbocycles. The smallest absolute Gasteiger partial charge is 0.396 e. The van der Waals surface area contributed by atoms with E-state index < -0.39 is 11.7 Å². The summed E-state index contributed by atoms with van der Waals surface area (Å²) in [5.74, 6) is 0. The summed E-state index contributed by atoms with van der Waals surface area (Å²) >= 11 is 0. The van der Waals surface area contributed by atoms with Crippen molar-refractivity contribution in [2.75, 3.05) is 18.1 Å². The third-order valence-electron chi connectivity index (χ3n) is 4.02. The molecule has 1 heterocycles. The number of benzene rings is 1. The Hall–Kier alpha value is -1.27. The zero-order valence-electron chi connectivity index (χ0n) is 11.9. The highest BCUT2D eigenvalue weighted by Crippen LogP contribution is 2.36. The lowest BCUT2D eigenvalue weighted by atomic mass is 10.0. The molecule has 1 fully saturated rings. The standard InChI is InChI=1S/C15H21F3N2O/c16-15(17,18)14-9-13(6-5-11(14)10-19)20-7-1-3-12(20)4-2-8-21/h5-6,9,12,21H,1-4,7-8,10,19H2. The van der Waals surface area contributed by atoms with Crippen LogP contribution in [0.2, 0.25) is 0 Å². The molecule has 2 rings (SSSR count). The lowest BCUT2D eigenvalue weighted by molar-refractivity contribution is -0.138. The van der Waals surface area contributed by atoms with Crippen LogP contribution >= 0.6 is 0 Å². The van der Waals surface area contributed by atoms with E-state index in [-0.39, 0.29) is 24.8 Å². The Morgan fingerprint density at radius 2 is 2.10 bits per heavy atom. The maximum atomic E-state index is 13.1. The monoisotopic (exact) mass is 302 g/mol. The topological polar surface area (TPSA) is 49.5 Å². The molecule has 1 saturated heterocycles. The van der Waals surface area contributed by atoms with Crippen LogP contribution in [0.25, 0.3) is 0 Å². The van der Waals surface area contributed by atoms with E-state index in [1.54, 1.807) is 6.07 Å². The fraction of sp³-hybridized carbons (Fsp3) is 0.600. The number of hydrogen-bond acceptors (Lipinski definition) is 3. The minimum atomic E-state index is -4.38. The van der Waals surface area contributed by atoms with E-state index in [2.05, 4.69) is 0 Å². The lowest BCUT2D eigenvalue weighted by Crippen LogP contribution is -2.29. The molecule has 0 saturated carbocycles. The number of hydrogen-bond donors (Lipinski definition) is 2. The maximum absolute atomic E-state index is 13.1. The Kier molecular flexibility index (Phi) is 5.11. The van der Waals surface area contributed by atoms with Gasteiger partial charge in [-0.2, -0.15) is 13.2 Å². The highest BCUT2D eigenvalue weighted by Gasteiger charge is 2.34. The average Bonchev–Trinajstić information content (AvgIpc) is 2.91. The molecule has 21 heavy (non-hydrogen) atoms. The Balaban J connectivity index is 2.27. The fourth-order valence-corrected chi connectivity index (χ4v) is 2.99. The van der Waals surface area contributed by atoms with E-state index in [4.69, 9.17) is 10.8 Å². The third kappa shape index (κ3) is 3.68. The van der Waals surface area contributed by atoms with Crippen LogP contribution < -0.4 is 10.6 Å². The van der Waals surface area contributed by atoms with Gasteiger partial charge in [0.15, 0.2) is 0 Å². The number of rotatable bonds is 5. The summed E-state index contributed by atoms with van der Waals surface area (Å²) in [7, 11) is 0. The molecule has 118 valence electrons. The van der Waals surface area contributed by atoms with Crippen molar-refractivity contribution in [1.82, 2.24) is 0 Å². The van der Waals surface area contributed by atoms with Crippen molar-refractivity contribution < 1.29 is 18.3 Å². The molecule has 1 aromatic carbocycles. The van der Waals surface area contributed by atoms with Gasteiger partial charge in [-0.25, -0.2) is 0 Å². The van der Waals surface area contributed by atoms with Gasteiger partial charge >= 0.3 is 6.18 Å². The zero-order valence-corrected chi connectivity index (χ0v) is 11.9. The second kappa shape index (κ2) is 6.66. The zero-order chi connectivity index (χ0) is 15.5. The van der Waals surface area contributed by atoms with Crippen LogP contribution in [-0.4, -0.2) is 24.3 Å². The van der Waals surface area contributed by atoms with Crippen LogP contribution in [0.3, 0.4) is 0 Å². The van der Waals surface area contributed by atoms with Crippen LogP contribution in [0.5, 0.6) is 0 Å². The first-order chi connectivity index (χ1) is 9.97. The van der Waals surface area contributed by atoms with E-state index >= 15 is 0 Å². The quantitative estimate of drug-likeness (QED) is 0.879. The van der Waals surface area contributed by atoms with Gasteiger partial charge in [0.05, 0.1) is 5.56 Å². The van der Waals surface area contributed by atoms with Crippen molar-refractivity contribution >= 4 is 5.69 Å². The number of anilines is 1. The first kappa shape index (κ1) is 16.1. The van der Waals surface area contributed by atoms with Crippen molar-refractivity contribution in [2.24, 2.45) is 5.73 Å². The van der Waals surface area contributed by atoms with Crippen LogP contribution in [0.4, 0.5) is 18.9 Å². The van der Waals surface area contributed by atoms with Crippen molar-refractivity contribution in [2.45, 2.75) is 44.4 Å². The SMILES string of the molecule is NCc1ccc(N2CCCC2CCCO)cc1C(F)(F)F. The number of halogens is 3. The van der Waals surface area contributed by atoms with E-state index in [0.29, 0.717) is 12.1 Å². The molecule has 1 atom stereocenters. The van der Waals surface area contributed by atoms with Gasteiger partial charge < -0.3 is 15.7 Å².